The van der Waals surface area contributed by atoms with Gasteiger partial charge in [0, 0.05) is 26.7 Å². The number of sulfonamides is 1. The molecule has 1 heterocycles. The molecule has 1 aromatic carbocycles. The normalized spacial score (nSPS) is 11.3. The standard InChI is InChI=1S/C15H19N3O4S/c1-10-15(11(2)22-16-10)23(20,21)18(5)14-8-6-13(7-9-14)17(4)12(3)19/h6-9H,1-5H3. The number of rotatable bonds is 4. The number of anilines is 2. The molecule has 23 heavy (non-hydrogen) atoms. The van der Waals surface area contributed by atoms with E-state index >= 15 is 0 Å². The van der Waals surface area contributed by atoms with E-state index in [4.69, 9.17) is 4.52 Å². The number of hydrogen-bond acceptors (Lipinski definition) is 5. The van der Waals surface area contributed by atoms with Crippen LogP contribution in [0.5, 0.6) is 0 Å². The van der Waals surface area contributed by atoms with Crippen molar-refractivity contribution in [1.29, 1.82) is 0 Å². The summed E-state index contributed by atoms with van der Waals surface area (Å²) in [5.41, 5.74) is 1.48. The van der Waals surface area contributed by atoms with Gasteiger partial charge in [-0.25, -0.2) is 8.42 Å². The van der Waals surface area contributed by atoms with E-state index in [-0.39, 0.29) is 16.6 Å². The molecule has 0 N–H and O–H groups in total. The highest BCUT2D eigenvalue weighted by atomic mass is 32.2. The van der Waals surface area contributed by atoms with Crippen LogP contribution in [0.2, 0.25) is 0 Å². The second kappa shape index (κ2) is 6.04. The van der Waals surface area contributed by atoms with Crippen LogP contribution in [0.15, 0.2) is 33.7 Å². The molecule has 2 rings (SSSR count). The lowest BCUT2D eigenvalue weighted by molar-refractivity contribution is -0.116. The van der Waals surface area contributed by atoms with Gasteiger partial charge < -0.3 is 9.42 Å². The lowest BCUT2D eigenvalue weighted by Gasteiger charge is -2.21. The molecule has 0 unspecified atom stereocenters. The second-order valence-corrected chi connectivity index (χ2v) is 7.13. The van der Waals surface area contributed by atoms with E-state index in [0.717, 1.165) is 4.31 Å². The van der Waals surface area contributed by atoms with Crippen LogP contribution in [0.25, 0.3) is 0 Å². The topological polar surface area (TPSA) is 83.7 Å². The van der Waals surface area contributed by atoms with E-state index in [1.807, 2.05) is 0 Å². The minimum atomic E-state index is -3.76. The third-order valence-electron chi connectivity index (χ3n) is 3.66. The van der Waals surface area contributed by atoms with Crippen LogP contribution in [0.3, 0.4) is 0 Å². The van der Waals surface area contributed by atoms with Gasteiger partial charge in [-0.1, -0.05) is 5.16 Å². The Kier molecular flexibility index (Phi) is 4.46. The van der Waals surface area contributed by atoms with Gasteiger partial charge in [0.15, 0.2) is 10.7 Å². The molecule has 1 amide bonds. The van der Waals surface area contributed by atoms with E-state index in [2.05, 4.69) is 5.16 Å². The summed E-state index contributed by atoms with van der Waals surface area (Å²) in [7, 11) is -0.645. The van der Waals surface area contributed by atoms with E-state index in [1.54, 1.807) is 45.2 Å². The van der Waals surface area contributed by atoms with Crippen LogP contribution in [0, 0.1) is 13.8 Å². The van der Waals surface area contributed by atoms with Crippen molar-refractivity contribution >= 4 is 27.3 Å². The average molecular weight is 337 g/mol. The number of nitrogens with zero attached hydrogens (tertiary/aromatic N) is 3. The first-order chi connectivity index (χ1) is 10.7. The van der Waals surface area contributed by atoms with Crippen molar-refractivity contribution in [2.75, 3.05) is 23.3 Å². The Morgan fingerprint density at radius 3 is 2.04 bits per heavy atom. The summed E-state index contributed by atoms with van der Waals surface area (Å²) in [5.74, 6) is 0.150. The smallest absolute Gasteiger partial charge is 0.269 e. The van der Waals surface area contributed by atoms with Gasteiger partial charge in [-0.3, -0.25) is 9.10 Å². The summed E-state index contributed by atoms with van der Waals surface area (Å²) in [6, 6.07) is 6.67. The van der Waals surface area contributed by atoms with Gasteiger partial charge in [0.2, 0.25) is 5.91 Å². The molecule has 0 aliphatic heterocycles. The van der Waals surface area contributed by atoms with Gasteiger partial charge >= 0.3 is 0 Å². The molecule has 0 radical (unpaired) electrons. The summed E-state index contributed by atoms with van der Waals surface area (Å²) >= 11 is 0. The number of hydrogen-bond donors (Lipinski definition) is 0. The quantitative estimate of drug-likeness (QED) is 0.853. The number of amides is 1. The summed E-state index contributed by atoms with van der Waals surface area (Å²) in [6.45, 7) is 4.61. The van der Waals surface area contributed by atoms with Crippen LogP contribution < -0.4 is 9.21 Å². The highest BCUT2D eigenvalue weighted by Gasteiger charge is 2.28. The van der Waals surface area contributed by atoms with Crippen LogP contribution in [0.1, 0.15) is 18.4 Å². The fourth-order valence-electron chi connectivity index (χ4n) is 2.19. The van der Waals surface area contributed by atoms with Crippen LogP contribution in [-0.2, 0) is 14.8 Å². The molecule has 8 heteroatoms. The van der Waals surface area contributed by atoms with Crippen LogP contribution in [0.4, 0.5) is 11.4 Å². The van der Waals surface area contributed by atoms with Crippen molar-refractivity contribution in [2.24, 2.45) is 0 Å². The Bertz CT molecular complexity index is 805. The zero-order chi connectivity index (χ0) is 17.4. The maximum absolute atomic E-state index is 12.7. The van der Waals surface area contributed by atoms with E-state index in [0.29, 0.717) is 17.1 Å². The van der Waals surface area contributed by atoms with Gasteiger partial charge in [0.1, 0.15) is 5.69 Å². The molecule has 0 aliphatic rings. The zero-order valence-corrected chi connectivity index (χ0v) is 14.5. The number of benzene rings is 1. The molecular weight excluding hydrogens is 318 g/mol. The molecule has 1 aromatic heterocycles. The molecule has 0 saturated carbocycles. The molecule has 124 valence electrons. The Labute approximate surface area is 135 Å². The second-order valence-electron chi connectivity index (χ2n) is 5.22. The summed E-state index contributed by atoms with van der Waals surface area (Å²) in [4.78, 5) is 12.9. The number of carbonyl (C=O) groups is 1. The minimum Gasteiger partial charge on any atom is -0.360 e. The minimum absolute atomic E-state index is 0.0740. The van der Waals surface area contributed by atoms with Crippen LogP contribution in [-0.4, -0.2) is 33.6 Å². The van der Waals surface area contributed by atoms with Crippen molar-refractivity contribution in [1.82, 2.24) is 5.16 Å². The van der Waals surface area contributed by atoms with Gasteiger partial charge in [-0.05, 0) is 38.1 Å². The molecule has 0 spiro atoms. The fraction of sp³-hybridized carbons (Fsp3) is 0.333. The predicted molar refractivity (Wildman–Crippen MR) is 87.1 cm³/mol. The molecule has 0 atom stereocenters. The van der Waals surface area contributed by atoms with E-state index in [9.17, 15) is 13.2 Å². The first kappa shape index (κ1) is 17.0. The van der Waals surface area contributed by atoms with Gasteiger partial charge in [-0.2, -0.15) is 0 Å². The van der Waals surface area contributed by atoms with E-state index < -0.39 is 10.0 Å². The third-order valence-corrected chi connectivity index (χ3v) is 5.69. The predicted octanol–water partition coefficient (Wildman–Crippen LogP) is 2.10. The van der Waals surface area contributed by atoms with E-state index in [1.165, 1.54) is 18.9 Å². The summed E-state index contributed by atoms with van der Waals surface area (Å²) in [6.07, 6.45) is 0. The SMILES string of the molecule is CC(=O)N(C)c1ccc(N(C)S(=O)(=O)c2c(C)noc2C)cc1. The molecular formula is C15H19N3O4S. The molecule has 0 aliphatic carbocycles. The molecule has 0 fully saturated rings. The molecule has 0 bridgehead atoms. The number of aromatic nitrogens is 1. The monoisotopic (exact) mass is 337 g/mol. The summed E-state index contributed by atoms with van der Waals surface area (Å²) in [5, 5.41) is 3.69. The van der Waals surface area contributed by atoms with Gasteiger partial charge in [0.25, 0.3) is 10.0 Å². The Balaban J connectivity index is 2.37. The number of aryl methyl sites for hydroxylation is 2. The van der Waals surface area contributed by atoms with Crippen LogP contribution >= 0.6 is 0 Å². The average Bonchev–Trinajstić information content (AvgIpc) is 2.85. The Morgan fingerprint density at radius 2 is 1.61 bits per heavy atom. The highest BCUT2D eigenvalue weighted by molar-refractivity contribution is 7.92. The van der Waals surface area contributed by atoms with Gasteiger partial charge in [-0.15, -0.1) is 0 Å². The molecule has 0 saturated heterocycles. The van der Waals surface area contributed by atoms with Crippen molar-refractivity contribution in [3.63, 3.8) is 0 Å². The fourth-order valence-corrected chi connectivity index (χ4v) is 3.67. The lowest BCUT2D eigenvalue weighted by atomic mass is 10.2. The molecule has 7 nitrogen and oxygen atoms in total. The first-order valence-electron chi connectivity index (χ1n) is 6.92. The lowest BCUT2D eigenvalue weighted by Crippen LogP contribution is -2.27. The Morgan fingerprint density at radius 1 is 1.09 bits per heavy atom. The zero-order valence-electron chi connectivity index (χ0n) is 13.7. The van der Waals surface area contributed by atoms with Crippen molar-refractivity contribution in [3.05, 3.63) is 35.7 Å². The van der Waals surface area contributed by atoms with Crippen molar-refractivity contribution < 1.29 is 17.7 Å². The first-order valence-corrected chi connectivity index (χ1v) is 8.36. The maximum Gasteiger partial charge on any atom is 0.269 e. The number of carbonyl (C=O) groups excluding carboxylic acids is 1. The Hall–Kier alpha value is -2.35. The highest BCUT2D eigenvalue weighted by Crippen LogP contribution is 2.27. The third kappa shape index (κ3) is 3.07. The van der Waals surface area contributed by atoms with Crippen molar-refractivity contribution in [3.8, 4) is 0 Å². The summed E-state index contributed by atoms with van der Waals surface area (Å²) < 4.78 is 31.6. The van der Waals surface area contributed by atoms with Crippen molar-refractivity contribution in [2.45, 2.75) is 25.7 Å². The largest absolute Gasteiger partial charge is 0.360 e. The molecule has 2 aromatic rings. The van der Waals surface area contributed by atoms with Gasteiger partial charge in [0.05, 0.1) is 5.69 Å². The maximum atomic E-state index is 12.7.